The van der Waals surface area contributed by atoms with Gasteiger partial charge < -0.3 is 25.6 Å². The van der Waals surface area contributed by atoms with E-state index in [1.165, 1.54) is 6.20 Å². The number of ketones is 2. The summed E-state index contributed by atoms with van der Waals surface area (Å²) in [5.41, 5.74) is 8.14. The van der Waals surface area contributed by atoms with Crippen LogP contribution in [0.4, 0.5) is 17.1 Å². The molecule has 0 saturated carbocycles. The van der Waals surface area contributed by atoms with Gasteiger partial charge >= 0.3 is 0 Å². The number of nitro benzene ring substituents is 1. The largest absolute Gasteiger partial charge is 0.394 e. The van der Waals surface area contributed by atoms with Gasteiger partial charge in [-0.1, -0.05) is 0 Å². The maximum absolute atomic E-state index is 12.7. The van der Waals surface area contributed by atoms with E-state index in [4.69, 9.17) is 10.5 Å². The van der Waals surface area contributed by atoms with Gasteiger partial charge in [-0.2, -0.15) is 0 Å². The van der Waals surface area contributed by atoms with Gasteiger partial charge in [-0.05, 0) is 37.2 Å². The van der Waals surface area contributed by atoms with Gasteiger partial charge in [0.25, 0.3) is 5.69 Å². The Morgan fingerprint density at radius 3 is 2.53 bits per heavy atom. The summed E-state index contributed by atoms with van der Waals surface area (Å²) >= 11 is 0. The Hall–Kier alpha value is -4.03. The molecule has 2 aromatic rings. The van der Waals surface area contributed by atoms with Crippen molar-refractivity contribution in [2.75, 3.05) is 75.4 Å². The Labute approximate surface area is 220 Å². The SMILES string of the molecule is NC1=C(NCCCN2CCN(c3ccc([N+](=O)[O-])c(N4CCOCC4)c3)CC2)C(=O)c2ncccc2C1=O. The second-order valence-corrected chi connectivity index (χ2v) is 9.49. The topological polar surface area (TPSA) is 147 Å². The number of ether oxygens (including phenoxy) is 1. The summed E-state index contributed by atoms with van der Waals surface area (Å²) < 4.78 is 5.41. The van der Waals surface area contributed by atoms with E-state index in [-0.39, 0.29) is 44.8 Å². The summed E-state index contributed by atoms with van der Waals surface area (Å²) in [6, 6.07) is 8.53. The van der Waals surface area contributed by atoms with Gasteiger partial charge in [0.2, 0.25) is 11.6 Å². The molecule has 2 fully saturated rings. The van der Waals surface area contributed by atoms with Gasteiger partial charge in [-0.3, -0.25) is 29.6 Å². The number of hydrogen-bond donors (Lipinski definition) is 2. The highest BCUT2D eigenvalue weighted by Crippen LogP contribution is 2.33. The van der Waals surface area contributed by atoms with E-state index in [0.29, 0.717) is 38.5 Å². The lowest BCUT2D eigenvalue weighted by Gasteiger charge is -2.37. The lowest BCUT2D eigenvalue weighted by molar-refractivity contribution is -0.384. The maximum atomic E-state index is 12.7. The van der Waals surface area contributed by atoms with Crippen LogP contribution < -0.4 is 20.9 Å². The highest BCUT2D eigenvalue weighted by atomic mass is 16.6. The highest BCUT2D eigenvalue weighted by Gasteiger charge is 2.31. The number of nitrogens with zero attached hydrogens (tertiary/aromatic N) is 5. The summed E-state index contributed by atoms with van der Waals surface area (Å²) in [5.74, 6) is -0.736. The number of nitrogens with one attached hydrogen (secondary N) is 1. The number of allylic oxidation sites excluding steroid dienone is 2. The predicted octanol–water partition coefficient (Wildman–Crippen LogP) is 1.18. The van der Waals surface area contributed by atoms with Crippen molar-refractivity contribution in [2.45, 2.75) is 6.42 Å². The number of fused-ring (bicyclic) bond motifs is 1. The molecule has 0 spiro atoms. The van der Waals surface area contributed by atoms with Gasteiger partial charge in [-0.25, -0.2) is 0 Å². The molecule has 0 atom stereocenters. The number of morpholine rings is 1. The molecule has 0 amide bonds. The van der Waals surface area contributed by atoms with Crippen LogP contribution in [-0.2, 0) is 4.74 Å². The lowest BCUT2D eigenvalue weighted by atomic mass is 9.95. The molecule has 38 heavy (non-hydrogen) atoms. The lowest BCUT2D eigenvalue weighted by Crippen LogP contribution is -2.47. The fraction of sp³-hybridized carbons (Fsp3) is 0.423. The molecular weight excluding hydrogens is 490 g/mol. The zero-order chi connectivity index (χ0) is 26.6. The summed E-state index contributed by atoms with van der Waals surface area (Å²) in [6.45, 7) is 7.04. The molecule has 5 rings (SSSR count). The molecule has 12 heteroatoms. The molecule has 3 aliphatic rings. The minimum absolute atomic E-state index is 0.0661. The second kappa shape index (κ2) is 11.2. The quantitative estimate of drug-likeness (QED) is 0.293. The summed E-state index contributed by atoms with van der Waals surface area (Å²) in [4.78, 5) is 47.2. The molecule has 2 saturated heterocycles. The third kappa shape index (κ3) is 5.18. The van der Waals surface area contributed by atoms with Crippen molar-refractivity contribution in [2.24, 2.45) is 5.73 Å². The first-order chi connectivity index (χ1) is 18.4. The number of hydrogen-bond acceptors (Lipinski definition) is 11. The van der Waals surface area contributed by atoms with Crippen LogP contribution in [0.5, 0.6) is 0 Å². The fourth-order valence-corrected chi connectivity index (χ4v) is 5.11. The molecule has 3 heterocycles. The van der Waals surface area contributed by atoms with Crippen molar-refractivity contribution in [1.82, 2.24) is 15.2 Å². The number of rotatable bonds is 8. The summed E-state index contributed by atoms with van der Waals surface area (Å²) in [6.07, 6.45) is 2.26. The van der Waals surface area contributed by atoms with E-state index >= 15 is 0 Å². The molecule has 0 unspecified atom stereocenters. The van der Waals surface area contributed by atoms with Crippen LogP contribution >= 0.6 is 0 Å². The third-order valence-corrected chi connectivity index (χ3v) is 7.21. The van der Waals surface area contributed by atoms with Crippen LogP contribution in [0.25, 0.3) is 0 Å². The minimum Gasteiger partial charge on any atom is -0.394 e. The second-order valence-electron chi connectivity index (χ2n) is 9.49. The monoisotopic (exact) mass is 521 g/mol. The van der Waals surface area contributed by atoms with Crippen LogP contribution in [0.2, 0.25) is 0 Å². The third-order valence-electron chi connectivity index (χ3n) is 7.21. The summed E-state index contributed by atoms with van der Waals surface area (Å²) in [7, 11) is 0. The number of carbonyl (C=O) groups is 2. The first-order valence-corrected chi connectivity index (χ1v) is 12.8. The molecule has 3 N–H and O–H groups in total. The van der Waals surface area contributed by atoms with Gasteiger partial charge in [0.1, 0.15) is 22.8 Å². The standard InChI is InChI=1S/C26H31N7O5/c27-22-24(26(35)23-19(25(22)34)3-1-6-28-23)29-7-2-8-30-9-11-31(12-10-30)18-4-5-20(33(36)37)21(17-18)32-13-15-38-16-14-32/h1,3-6,17,29H,2,7-16,27H2. The molecule has 200 valence electrons. The van der Waals surface area contributed by atoms with E-state index in [2.05, 4.69) is 20.1 Å². The van der Waals surface area contributed by atoms with E-state index in [9.17, 15) is 19.7 Å². The van der Waals surface area contributed by atoms with Crippen LogP contribution in [0.15, 0.2) is 47.9 Å². The van der Waals surface area contributed by atoms with Crippen molar-refractivity contribution in [3.05, 3.63) is 69.3 Å². The smallest absolute Gasteiger partial charge is 0.292 e. The number of pyridine rings is 1. The maximum Gasteiger partial charge on any atom is 0.292 e. The van der Waals surface area contributed by atoms with Gasteiger partial charge in [0.05, 0.1) is 23.7 Å². The zero-order valence-corrected chi connectivity index (χ0v) is 21.1. The van der Waals surface area contributed by atoms with Crippen LogP contribution in [0.1, 0.15) is 27.3 Å². The van der Waals surface area contributed by atoms with Crippen LogP contribution in [-0.4, -0.2) is 91.9 Å². The van der Waals surface area contributed by atoms with Crippen molar-refractivity contribution in [3.8, 4) is 0 Å². The van der Waals surface area contributed by atoms with Crippen LogP contribution in [0, 0.1) is 10.1 Å². The van der Waals surface area contributed by atoms with Crippen molar-refractivity contribution in [1.29, 1.82) is 0 Å². The number of anilines is 2. The van der Waals surface area contributed by atoms with E-state index in [1.54, 1.807) is 18.2 Å². The fourth-order valence-electron chi connectivity index (χ4n) is 5.11. The number of nitrogens with two attached hydrogens (primary N) is 1. The Morgan fingerprint density at radius 2 is 1.79 bits per heavy atom. The Balaban J connectivity index is 1.13. The first kappa shape index (κ1) is 25.6. The van der Waals surface area contributed by atoms with Gasteiger partial charge in [0.15, 0.2) is 0 Å². The average molecular weight is 522 g/mol. The molecule has 0 radical (unpaired) electrons. The number of carbonyl (C=O) groups excluding carboxylic acids is 2. The Bertz CT molecular complexity index is 1270. The van der Waals surface area contributed by atoms with E-state index in [0.717, 1.165) is 44.8 Å². The number of benzene rings is 1. The number of nitro groups is 1. The molecule has 12 nitrogen and oxygen atoms in total. The predicted molar refractivity (Wildman–Crippen MR) is 142 cm³/mol. The van der Waals surface area contributed by atoms with Gasteiger partial charge in [-0.15, -0.1) is 0 Å². The van der Waals surface area contributed by atoms with E-state index in [1.807, 2.05) is 17.0 Å². The average Bonchev–Trinajstić information content (AvgIpc) is 2.96. The van der Waals surface area contributed by atoms with Gasteiger partial charge in [0, 0.05) is 63.8 Å². The molecule has 1 aromatic carbocycles. The highest BCUT2D eigenvalue weighted by molar-refractivity contribution is 6.25. The Kier molecular flexibility index (Phi) is 7.52. The molecule has 2 aliphatic heterocycles. The van der Waals surface area contributed by atoms with Crippen LogP contribution in [0.3, 0.4) is 0 Å². The molecular formula is C26H31N7O5. The van der Waals surface area contributed by atoms with Crippen molar-refractivity contribution < 1.29 is 19.2 Å². The number of piperazine rings is 1. The zero-order valence-electron chi connectivity index (χ0n) is 21.1. The van der Waals surface area contributed by atoms with Crippen molar-refractivity contribution in [3.63, 3.8) is 0 Å². The molecule has 1 aliphatic carbocycles. The van der Waals surface area contributed by atoms with Crippen molar-refractivity contribution >= 4 is 28.6 Å². The minimum atomic E-state index is -0.380. The van der Waals surface area contributed by atoms with E-state index < -0.39 is 0 Å². The number of Topliss-reactive ketones (excluding diaryl/α,β-unsaturated/α-hetero) is 2. The summed E-state index contributed by atoms with van der Waals surface area (Å²) in [5, 5.41) is 14.7. The first-order valence-electron chi connectivity index (χ1n) is 12.8. The number of aromatic nitrogens is 1. The Morgan fingerprint density at radius 1 is 1.03 bits per heavy atom. The molecule has 0 bridgehead atoms. The normalized spacial score (nSPS) is 18.5. The molecule has 1 aromatic heterocycles.